The molecule has 0 saturated carbocycles. The van der Waals surface area contributed by atoms with Crippen LogP contribution in [-0.4, -0.2) is 23.8 Å². The van der Waals surface area contributed by atoms with Gasteiger partial charge in [-0.25, -0.2) is 0 Å². The van der Waals surface area contributed by atoms with Crippen molar-refractivity contribution in [2.75, 3.05) is 6.61 Å². The summed E-state index contributed by atoms with van der Waals surface area (Å²) >= 11 is 0. The zero-order valence-electron chi connectivity index (χ0n) is 12.1. The van der Waals surface area contributed by atoms with Crippen molar-refractivity contribution < 1.29 is 45.7 Å². The molecule has 0 aromatic rings. The predicted octanol–water partition coefficient (Wildman–Crippen LogP) is 1.71. The van der Waals surface area contributed by atoms with Crippen LogP contribution in [0.5, 0.6) is 0 Å². The van der Waals surface area contributed by atoms with E-state index in [1.54, 1.807) is 13.0 Å². The SMILES string of the molecule is CCOC(=O)CC[C@@H]1C=CC=C[C@@H](O)C1.[C-]#[O+].[C-]#[O+].[C-]#[O+].[Fe]. The Kier molecular flexibility index (Phi) is 32.2. The van der Waals surface area contributed by atoms with Gasteiger partial charge in [-0.2, -0.15) is 0 Å². The molecule has 0 radical (unpaired) electrons. The number of aliphatic hydroxyl groups is 1. The van der Waals surface area contributed by atoms with Crippen molar-refractivity contribution in [1.82, 2.24) is 0 Å². The van der Waals surface area contributed by atoms with Crippen LogP contribution in [-0.2, 0) is 40.6 Å². The molecule has 1 rings (SSSR count). The number of rotatable bonds is 4. The van der Waals surface area contributed by atoms with Crippen LogP contribution < -0.4 is 0 Å². The van der Waals surface area contributed by atoms with Gasteiger partial charge in [-0.3, -0.25) is 4.79 Å². The molecule has 6 nitrogen and oxygen atoms in total. The van der Waals surface area contributed by atoms with Crippen molar-refractivity contribution in [2.45, 2.75) is 32.3 Å². The van der Waals surface area contributed by atoms with Gasteiger partial charge in [-0.05, 0) is 25.7 Å². The van der Waals surface area contributed by atoms with Gasteiger partial charge in [-0.15, -0.1) is 0 Å². The second-order valence-electron chi connectivity index (χ2n) is 3.68. The van der Waals surface area contributed by atoms with Gasteiger partial charge in [0.25, 0.3) is 0 Å². The molecular formula is C15H18FeO6. The number of hydrogen-bond donors (Lipinski definition) is 1. The molecule has 1 aliphatic carbocycles. The van der Waals surface area contributed by atoms with E-state index in [4.69, 9.17) is 18.7 Å². The van der Waals surface area contributed by atoms with Gasteiger partial charge in [0.1, 0.15) is 0 Å². The van der Waals surface area contributed by atoms with Crippen LogP contribution in [0.2, 0.25) is 0 Å². The predicted molar refractivity (Wildman–Crippen MR) is 70.0 cm³/mol. The summed E-state index contributed by atoms with van der Waals surface area (Å²) in [5, 5.41) is 9.49. The first-order valence-corrected chi connectivity index (χ1v) is 6.02. The molecule has 22 heavy (non-hydrogen) atoms. The molecule has 0 saturated heterocycles. The molecule has 122 valence electrons. The standard InChI is InChI=1S/C12H18O3.3CO.Fe/c1-2-15-12(14)8-7-10-5-3-4-6-11(13)9-10;3*1-2;/h3-6,10-11,13H,2,7-9H2,1H3;;;;/t10-,11+;;;;/m0..../s1. The summed E-state index contributed by atoms with van der Waals surface area (Å²) in [6.45, 7) is 15.7. The largest absolute Gasteiger partial charge is 0 e. The van der Waals surface area contributed by atoms with Crippen LogP contribution in [0, 0.1) is 25.9 Å². The van der Waals surface area contributed by atoms with E-state index in [0.29, 0.717) is 19.4 Å². The van der Waals surface area contributed by atoms with Gasteiger partial charge in [0.2, 0.25) is 0 Å². The first-order valence-electron chi connectivity index (χ1n) is 6.02. The molecule has 0 aromatic heterocycles. The van der Waals surface area contributed by atoms with Gasteiger partial charge < -0.3 is 9.84 Å². The molecule has 0 aliphatic heterocycles. The van der Waals surface area contributed by atoms with Crippen molar-refractivity contribution in [3.63, 3.8) is 0 Å². The third kappa shape index (κ3) is 18.6. The van der Waals surface area contributed by atoms with Crippen LogP contribution in [0.3, 0.4) is 0 Å². The van der Waals surface area contributed by atoms with Gasteiger partial charge in [-0.1, -0.05) is 24.3 Å². The molecule has 0 amide bonds. The molecule has 0 fully saturated rings. The fourth-order valence-electron chi connectivity index (χ4n) is 1.63. The normalized spacial score (nSPS) is 17.3. The second-order valence-corrected chi connectivity index (χ2v) is 3.68. The Labute approximate surface area is 141 Å². The van der Waals surface area contributed by atoms with Gasteiger partial charge in [0.15, 0.2) is 0 Å². The molecule has 0 spiro atoms. The third-order valence-corrected chi connectivity index (χ3v) is 2.40. The van der Waals surface area contributed by atoms with Gasteiger partial charge in [0.05, 0.1) is 12.7 Å². The number of ether oxygens (including phenoxy) is 1. The van der Waals surface area contributed by atoms with Gasteiger partial charge >= 0.3 is 39.9 Å². The first kappa shape index (κ1) is 28.8. The summed E-state index contributed by atoms with van der Waals surface area (Å²) in [5.74, 6) is 0.108. The second kappa shape index (κ2) is 24.7. The van der Waals surface area contributed by atoms with Crippen molar-refractivity contribution in [1.29, 1.82) is 0 Å². The Bertz CT molecular complexity index is 356. The van der Waals surface area contributed by atoms with Gasteiger partial charge in [0, 0.05) is 23.5 Å². The van der Waals surface area contributed by atoms with E-state index >= 15 is 0 Å². The van der Waals surface area contributed by atoms with Crippen molar-refractivity contribution >= 4 is 5.97 Å². The molecule has 0 bridgehead atoms. The van der Waals surface area contributed by atoms with E-state index in [2.05, 4.69) is 20.0 Å². The number of carbonyl (C=O) groups is 1. The fourth-order valence-corrected chi connectivity index (χ4v) is 1.63. The summed E-state index contributed by atoms with van der Waals surface area (Å²) in [5.41, 5.74) is 0. The Morgan fingerprint density at radius 1 is 1.18 bits per heavy atom. The molecule has 0 unspecified atom stereocenters. The maximum absolute atomic E-state index is 11.1. The number of carbonyl (C=O) groups excluding carboxylic acids is 1. The van der Waals surface area contributed by atoms with Crippen molar-refractivity contribution in [3.05, 3.63) is 44.3 Å². The Balaban J connectivity index is -0.000000206. The van der Waals surface area contributed by atoms with Crippen molar-refractivity contribution in [3.8, 4) is 0 Å². The summed E-state index contributed by atoms with van der Waals surface area (Å²) in [4.78, 5) is 11.1. The maximum atomic E-state index is 11.1. The van der Waals surface area contributed by atoms with Crippen LogP contribution >= 0.6 is 0 Å². The zero-order valence-corrected chi connectivity index (χ0v) is 13.2. The summed E-state index contributed by atoms with van der Waals surface area (Å²) in [6, 6.07) is 0. The first-order chi connectivity index (χ1) is 10.2. The summed E-state index contributed by atoms with van der Waals surface area (Å²) in [6.07, 6.45) is 9.02. The Morgan fingerprint density at radius 3 is 2.18 bits per heavy atom. The van der Waals surface area contributed by atoms with E-state index in [9.17, 15) is 9.90 Å². The average Bonchev–Trinajstić information content (AvgIpc) is 2.76. The minimum absolute atomic E-state index is 0. The number of allylic oxidation sites excluding steroid dienone is 3. The van der Waals surface area contributed by atoms with E-state index in [1.807, 2.05) is 18.2 Å². The fraction of sp³-hybridized carbons (Fsp3) is 0.467. The number of esters is 1. The number of aliphatic hydroxyl groups excluding tert-OH is 1. The van der Waals surface area contributed by atoms with Crippen LogP contribution in [0.15, 0.2) is 24.3 Å². The minimum Gasteiger partial charge on any atom is 0 e. The zero-order chi connectivity index (χ0) is 17.1. The Hall–Kier alpha value is -1.35. The third-order valence-electron chi connectivity index (χ3n) is 2.40. The van der Waals surface area contributed by atoms with E-state index in [1.165, 1.54) is 0 Å². The smallest absolute Gasteiger partial charge is 0 e. The summed E-state index contributed by atoms with van der Waals surface area (Å²) < 4.78 is 27.3. The van der Waals surface area contributed by atoms with Crippen LogP contribution in [0.25, 0.3) is 0 Å². The topological polar surface area (TPSA) is 106 Å². The van der Waals surface area contributed by atoms with E-state index < -0.39 is 6.10 Å². The average molecular weight is 350 g/mol. The molecule has 2 atom stereocenters. The number of hydrogen-bond acceptors (Lipinski definition) is 3. The van der Waals surface area contributed by atoms with E-state index in [-0.39, 0.29) is 29.0 Å². The molecule has 1 N–H and O–H groups in total. The van der Waals surface area contributed by atoms with Crippen molar-refractivity contribution in [2.24, 2.45) is 5.92 Å². The monoisotopic (exact) mass is 350 g/mol. The maximum Gasteiger partial charge on any atom is 0 e. The molecule has 0 aromatic carbocycles. The molecule has 7 heteroatoms. The van der Waals surface area contributed by atoms with Crippen LogP contribution in [0.1, 0.15) is 26.2 Å². The minimum atomic E-state index is -0.396. The van der Waals surface area contributed by atoms with E-state index in [0.717, 1.165) is 6.42 Å². The summed E-state index contributed by atoms with van der Waals surface area (Å²) in [7, 11) is 0. The molecule has 1 aliphatic rings. The molecule has 0 heterocycles. The Morgan fingerprint density at radius 2 is 1.68 bits per heavy atom. The quantitative estimate of drug-likeness (QED) is 0.361. The van der Waals surface area contributed by atoms with Crippen LogP contribution in [0.4, 0.5) is 0 Å². The molecular weight excluding hydrogens is 332 g/mol.